The first-order valence-electron chi connectivity index (χ1n) is 7.12. The molecule has 6 heteroatoms. The third-order valence-corrected chi connectivity index (χ3v) is 2.78. The zero-order chi connectivity index (χ0) is 14.2. The minimum absolute atomic E-state index is 0.374. The van der Waals surface area contributed by atoms with Gasteiger partial charge in [0.1, 0.15) is 6.61 Å². The molecular weight excluding hydrogens is 256 g/mol. The molecule has 0 amide bonds. The van der Waals surface area contributed by atoms with E-state index in [-0.39, 0.29) is 0 Å². The molecule has 0 aliphatic rings. The monoisotopic (exact) mass is 278 g/mol. The second-order valence-corrected chi connectivity index (χ2v) is 4.69. The quantitative estimate of drug-likeness (QED) is 0.713. The number of aryl methyl sites for hydroxylation is 1. The molecule has 0 saturated carbocycles. The Bertz CT molecular complexity index is 507. The summed E-state index contributed by atoms with van der Waals surface area (Å²) >= 11 is 0. The Morgan fingerprint density at radius 1 is 1.35 bits per heavy atom. The molecule has 0 radical (unpaired) electrons. The Balaban J connectivity index is 1.78. The molecular formula is C14H22N4O2. The summed E-state index contributed by atoms with van der Waals surface area (Å²) in [6, 6.07) is 1.92. The van der Waals surface area contributed by atoms with Gasteiger partial charge in [0.15, 0.2) is 11.5 Å². The lowest BCUT2D eigenvalue weighted by atomic mass is 10.3. The van der Waals surface area contributed by atoms with Gasteiger partial charge in [-0.15, -0.1) is 0 Å². The first-order valence-corrected chi connectivity index (χ1v) is 7.12. The van der Waals surface area contributed by atoms with Crippen LogP contribution in [-0.2, 0) is 19.7 Å². The molecule has 0 unspecified atom stereocenters. The van der Waals surface area contributed by atoms with Gasteiger partial charge in [0.2, 0.25) is 0 Å². The second-order valence-electron chi connectivity index (χ2n) is 4.69. The highest BCUT2D eigenvalue weighted by atomic mass is 16.5. The van der Waals surface area contributed by atoms with Gasteiger partial charge < -0.3 is 14.6 Å². The molecule has 0 spiro atoms. The number of nitrogens with zero attached hydrogens (tertiary/aromatic N) is 3. The van der Waals surface area contributed by atoms with Crippen molar-refractivity contribution >= 4 is 0 Å². The van der Waals surface area contributed by atoms with Crippen LogP contribution < -0.4 is 10.1 Å². The van der Waals surface area contributed by atoms with E-state index in [1.54, 1.807) is 6.20 Å². The van der Waals surface area contributed by atoms with Crippen molar-refractivity contribution < 1.29 is 9.26 Å². The Labute approximate surface area is 119 Å². The predicted molar refractivity (Wildman–Crippen MR) is 75.4 cm³/mol. The van der Waals surface area contributed by atoms with Crippen LogP contribution >= 0.6 is 0 Å². The SMILES string of the molecule is CCCNCc1cc(COc2cnn(CCC)c2)on1. The summed E-state index contributed by atoms with van der Waals surface area (Å²) in [5.41, 5.74) is 0.902. The number of hydrogen-bond donors (Lipinski definition) is 1. The number of hydrogen-bond acceptors (Lipinski definition) is 5. The van der Waals surface area contributed by atoms with E-state index in [1.807, 2.05) is 16.9 Å². The van der Waals surface area contributed by atoms with Gasteiger partial charge >= 0.3 is 0 Å². The van der Waals surface area contributed by atoms with E-state index in [0.29, 0.717) is 6.61 Å². The molecule has 0 bridgehead atoms. The molecule has 2 aromatic rings. The summed E-state index contributed by atoms with van der Waals surface area (Å²) in [6.07, 6.45) is 5.77. The fraction of sp³-hybridized carbons (Fsp3) is 0.571. The first-order chi connectivity index (χ1) is 9.81. The molecule has 0 aliphatic carbocycles. The van der Waals surface area contributed by atoms with Crippen LogP contribution in [0.3, 0.4) is 0 Å². The average molecular weight is 278 g/mol. The van der Waals surface area contributed by atoms with Crippen molar-refractivity contribution in [3.63, 3.8) is 0 Å². The topological polar surface area (TPSA) is 65.1 Å². The lowest BCUT2D eigenvalue weighted by Crippen LogP contribution is -2.13. The summed E-state index contributed by atoms with van der Waals surface area (Å²) in [6.45, 7) is 7.23. The first kappa shape index (κ1) is 14.6. The van der Waals surface area contributed by atoms with E-state index < -0.39 is 0 Å². The number of aromatic nitrogens is 3. The molecule has 0 saturated heterocycles. The van der Waals surface area contributed by atoms with Crippen molar-refractivity contribution in [2.45, 2.75) is 46.4 Å². The highest BCUT2D eigenvalue weighted by Crippen LogP contribution is 2.12. The third kappa shape index (κ3) is 4.38. The fourth-order valence-electron chi connectivity index (χ4n) is 1.83. The van der Waals surface area contributed by atoms with Gasteiger partial charge in [-0.25, -0.2) is 0 Å². The fourth-order valence-corrected chi connectivity index (χ4v) is 1.83. The van der Waals surface area contributed by atoms with Crippen molar-refractivity contribution in [1.29, 1.82) is 0 Å². The maximum atomic E-state index is 5.62. The van der Waals surface area contributed by atoms with Crippen molar-refractivity contribution in [2.75, 3.05) is 6.54 Å². The second kappa shape index (κ2) is 7.69. The van der Waals surface area contributed by atoms with Crippen molar-refractivity contribution in [3.05, 3.63) is 29.9 Å². The predicted octanol–water partition coefficient (Wildman–Crippen LogP) is 2.36. The molecule has 2 aromatic heterocycles. The maximum Gasteiger partial charge on any atom is 0.174 e. The van der Waals surface area contributed by atoms with Crippen LogP contribution in [0, 0.1) is 0 Å². The van der Waals surface area contributed by atoms with E-state index in [4.69, 9.17) is 9.26 Å². The molecule has 6 nitrogen and oxygen atoms in total. The number of ether oxygens (including phenoxy) is 1. The summed E-state index contributed by atoms with van der Waals surface area (Å²) in [4.78, 5) is 0. The lowest BCUT2D eigenvalue weighted by molar-refractivity contribution is 0.248. The molecule has 0 aromatic carbocycles. The van der Waals surface area contributed by atoms with Crippen LogP contribution in [0.1, 0.15) is 38.1 Å². The number of nitrogens with one attached hydrogen (secondary N) is 1. The highest BCUT2D eigenvalue weighted by molar-refractivity contribution is 5.13. The van der Waals surface area contributed by atoms with Crippen LogP contribution in [0.5, 0.6) is 5.75 Å². The zero-order valence-electron chi connectivity index (χ0n) is 12.1. The molecule has 20 heavy (non-hydrogen) atoms. The van der Waals surface area contributed by atoms with Crippen molar-refractivity contribution in [3.8, 4) is 5.75 Å². The third-order valence-electron chi connectivity index (χ3n) is 2.78. The number of rotatable bonds is 9. The van der Waals surface area contributed by atoms with Gasteiger partial charge in [-0.3, -0.25) is 4.68 Å². The molecule has 1 N–H and O–H groups in total. The summed E-state index contributed by atoms with van der Waals surface area (Å²) < 4.78 is 12.7. The Hall–Kier alpha value is -1.82. The minimum Gasteiger partial charge on any atom is -0.482 e. The Kier molecular flexibility index (Phi) is 5.61. The molecule has 2 rings (SSSR count). The van der Waals surface area contributed by atoms with Crippen LogP contribution in [0.15, 0.2) is 23.0 Å². The Morgan fingerprint density at radius 2 is 2.25 bits per heavy atom. The Morgan fingerprint density at radius 3 is 3.05 bits per heavy atom. The standard InChI is InChI=1S/C14H22N4O2/c1-3-5-15-8-12-7-13(20-17-12)11-19-14-9-16-18(10-14)6-4-2/h7,9-10,15H,3-6,8,11H2,1-2H3. The van der Waals surface area contributed by atoms with Crippen molar-refractivity contribution in [1.82, 2.24) is 20.3 Å². The maximum absolute atomic E-state index is 5.62. The van der Waals surface area contributed by atoms with Crippen LogP contribution in [-0.4, -0.2) is 21.5 Å². The summed E-state index contributed by atoms with van der Waals surface area (Å²) in [5.74, 6) is 1.47. The molecule has 2 heterocycles. The van der Waals surface area contributed by atoms with Gasteiger partial charge in [-0.2, -0.15) is 5.10 Å². The van der Waals surface area contributed by atoms with Crippen LogP contribution in [0.2, 0.25) is 0 Å². The molecule has 110 valence electrons. The van der Waals surface area contributed by atoms with Gasteiger partial charge in [-0.05, 0) is 19.4 Å². The van der Waals surface area contributed by atoms with Gasteiger partial charge in [-0.1, -0.05) is 19.0 Å². The summed E-state index contributed by atoms with van der Waals surface area (Å²) in [7, 11) is 0. The largest absolute Gasteiger partial charge is 0.482 e. The lowest BCUT2D eigenvalue weighted by Gasteiger charge is -1.99. The van der Waals surface area contributed by atoms with E-state index in [0.717, 1.165) is 49.7 Å². The van der Waals surface area contributed by atoms with Crippen LogP contribution in [0.25, 0.3) is 0 Å². The van der Waals surface area contributed by atoms with Crippen LogP contribution in [0.4, 0.5) is 0 Å². The molecule has 0 aliphatic heterocycles. The van der Waals surface area contributed by atoms with E-state index in [2.05, 4.69) is 29.4 Å². The van der Waals surface area contributed by atoms with E-state index >= 15 is 0 Å². The van der Waals surface area contributed by atoms with E-state index in [9.17, 15) is 0 Å². The van der Waals surface area contributed by atoms with E-state index in [1.165, 1.54) is 0 Å². The van der Waals surface area contributed by atoms with Gasteiger partial charge in [0, 0.05) is 19.2 Å². The minimum atomic E-state index is 0.374. The average Bonchev–Trinajstić information content (AvgIpc) is 3.07. The molecule has 0 fully saturated rings. The summed E-state index contributed by atoms with van der Waals surface area (Å²) in [5, 5.41) is 11.5. The van der Waals surface area contributed by atoms with Gasteiger partial charge in [0.25, 0.3) is 0 Å². The normalized spacial score (nSPS) is 10.9. The molecule has 0 atom stereocenters. The smallest absolute Gasteiger partial charge is 0.174 e. The zero-order valence-corrected chi connectivity index (χ0v) is 12.1. The highest BCUT2D eigenvalue weighted by Gasteiger charge is 2.06. The van der Waals surface area contributed by atoms with Crippen molar-refractivity contribution in [2.24, 2.45) is 0 Å². The van der Waals surface area contributed by atoms with Gasteiger partial charge in [0.05, 0.1) is 18.1 Å².